The molecule has 0 heterocycles. The first-order valence-corrected chi connectivity index (χ1v) is 11.6. The largest absolute Gasteiger partial charge is 0.417 e. The molecule has 1 aliphatic carbocycles. The van der Waals surface area contributed by atoms with Gasteiger partial charge < -0.3 is 9.47 Å². The minimum absolute atomic E-state index is 0.131. The second-order valence-corrected chi connectivity index (χ2v) is 9.12. The third-order valence-corrected chi connectivity index (χ3v) is 6.05. The average Bonchev–Trinajstić information content (AvgIpc) is 2.72. The molecular formula is C23H24O6S. The molecule has 158 valence electrons. The van der Waals surface area contributed by atoms with Gasteiger partial charge in [0, 0.05) is 24.7 Å². The standard InChI is InChI=1S/C23H24O6S/c1-4-20(24)28-23(29-21(25)5-2)15-19(16-9-7-6-8-10-16)22(23)17-11-13-18(14-12-17)30(3,26)27/h6-14H,4-5,15H2,1-3H3. The highest BCUT2D eigenvalue weighted by Gasteiger charge is 2.53. The number of carbonyl (C=O) groups excluding carboxylic acids is 2. The maximum Gasteiger partial charge on any atom is 0.309 e. The third-order valence-electron chi connectivity index (χ3n) is 4.92. The molecule has 1 aliphatic rings. The average molecular weight is 429 g/mol. The quantitative estimate of drug-likeness (QED) is 0.489. The Bertz CT molecular complexity index is 1060. The van der Waals surface area contributed by atoms with E-state index >= 15 is 0 Å². The Labute approximate surface area is 176 Å². The minimum atomic E-state index is -3.36. The number of esters is 2. The Hall–Kier alpha value is -2.93. The van der Waals surface area contributed by atoms with Crippen molar-refractivity contribution in [2.75, 3.05) is 6.26 Å². The highest BCUT2D eigenvalue weighted by Crippen LogP contribution is 2.53. The molecule has 0 saturated carbocycles. The molecule has 2 aromatic carbocycles. The second-order valence-electron chi connectivity index (χ2n) is 7.10. The first-order valence-electron chi connectivity index (χ1n) is 9.73. The fourth-order valence-electron chi connectivity index (χ4n) is 3.39. The number of ether oxygens (including phenoxy) is 2. The number of hydrogen-bond donors (Lipinski definition) is 0. The summed E-state index contributed by atoms with van der Waals surface area (Å²) in [5.74, 6) is -2.51. The van der Waals surface area contributed by atoms with Crippen molar-refractivity contribution in [3.8, 4) is 0 Å². The fraction of sp³-hybridized carbons (Fsp3) is 0.304. The van der Waals surface area contributed by atoms with Gasteiger partial charge in [0.1, 0.15) is 0 Å². The van der Waals surface area contributed by atoms with Crippen LogP contribution in [0.2, 0.25) is 0 Å². The first-order chi connectivity index (χ1) is 14.2. The molecule has 0 spiro atoms. The number of carbonyl (C=O) groups is 2. The van der Waals surface area contributed by atoms with Crippen molar-refractivity contribution in [3.63, 3.8) is 0 Å². The van der Waals surface area contributed by atoms with Gasteiger partial charge in [0.15, 0.2) is 9.84 Å². The Morgan fingerprint density at radius 3 is 1.87 bits per heavy atom. The van der Waals surface area contributed by atoms with E-state index in [1.165, 1.54) is 12.1 Å². The van der Waals surface area contributed by atoms with Crippen LogP contribution in [-0.2, 0) is 28.9 Å². The van der Waals surface area contributed by atoms with Crippen LogP contribution < -0.4 is 0 Å². The summed E-state index contributed by atoms with van der Waals surface area (Å²) in [5.41, 5.74) is 2.96. The Morgan fingerprint density at radius 2 is 1.40 bits per heavy atom. The topological polar surface area (TPSA) is 86.7 Å². The van der Waals surface area contributed by atoms with Gasteiger partial charge in [0.25, 0.3) is 5.79 Å². The lowest BCUT2D eigenvalue weighted by Gasteiger charge is -2.44. The molecule has 0 saturated heterocycles. The van der Waals surface area contributed by atoms with Crippen LogP contribution in [0.1, 0.15) is 44.2 Å². The Kier molecular flexibility index (Phi) is 6.12. The van der Waals surface area contributed by atoms with Gasteiger partial charge in [0.2, 0.25) is 0 Å². The molecule has 6 nitrogen and oxygen atoms in total. The van der Waals surface area contributed by atoms with Crippen LogP contribution in [0.3, 0.4) is 0 Å². The van der Waals surface area contributed by atoms with Crippen LogP contribution in [0, 0.1) is 0 Å². The van der Waals surface area contributed by atoms with E-state index in [4.69, 9.17) is 9.47 Å². The maximum atomic E-state index is 12.2. The van der Waals surface area contributed by atoms with Gasteiger partial charge in [-0.2, -0.15) is 0 Å². The van der Waals surface area contributed by atoms with E-state index in [1.54, 1.807) is 26.0 Å². The summed E-state index contributed by atoms with van der Waals surface area (Å²) < 4.78 is 35.0. The van der Waals surface area contributed by atoms with E-state index < -0.39 is 27.6 Å². The summed E-state index contributed by atoms with van der Waals surface area (Å²) in [6.07, 6.45) is 1.62. The van der Waals surface area contributed by atoms with Crippen molar-refractivity contribution in [3.05, 3.63) is 65.7 Å². The SMILES string of the molecule is CCC(=O)OC1(OC(=O)CC)CC(c2ccccc2)=C1c1ccc(S(C)(=O)=O)cc1. The minimum Gasteiger partial charge on any atom is -0.417 e. The molecule has 2 aromatic rings. The lowest BCUT2D eigenvalue weighted by molar-refractivity contribution is -0.209. The molecule has 0 atom stereocenters. The van der Waals surface area contributed by atoms with Crippen molar-refractivity contribution >= 4 is 32.9 Å². The molecule has 0 amide bonds. The third kappa shape index (κ3) is 4.31. The van der Waals surface area contributed by atoms with Crippen LogP contribution >= 0.6 is 0 Å². The molecular weight excluding hydrogens is 404 g/mol. The van der Waals surface area contributed by atoms with E-state index in [0.29, 0.717) is 11.1 Å². The smallest absolute Gasteiger partial charge is 0.309 e. The van der Waals surface area contributed by atoms with Gasteiger partial charge in [-0.15, -0.1) is 0 Å². The summed E-state index contributed by atoms with van der Waals surface area (Å²) in [4.78, 5) is 24.5. The highest BCUT2D eigenvalue weighted by molar-refractivity contribution is 7.90. The summed E-state index contributed by atoms with van der Waals surface area (Å²) in [6.45, 7) is 3.33. The summed E-state index contributed by atoms with van der Waals surface area (Å²) in [6, 6.07) is 15.8. The molecule has 0 bridgehead atoms. The van der Waals surface area contributed by atoms with Gasteiger partial charge in [-0.1, -0.05) is 56.3 Å². The first kappa shape index (κ1) is 21.8. The Morgan fingerprint density at radius 1 is 0.867 bits per heavy atom. The molecule has 0 aromatic heterocycles. The fourth-order valence-corrected chi connectivity index (χ4v) is 4.02. The van der Waals surface area contributed by atoms with Gasteiger partial charge in [-0.05, 0) is 28.8 Å². The van der Waals surface area contributed by atoms with E-state index in [0.717, 1.165) is 17.4 Å². The van der Waals surface area contributed by atoms with Crippen LogP contribution in [0.5, 0.6) is 0 Å². The molecule has 3 rings (SSSR count). The highest BCUT2D eigenvalue weighted by atomic mass is 32.2. The number of rotatable bonds is 7. The van der Waals surface area contributed by atoms with E-state index in [9.17, 15) is 18.0 Å². The molecule has 0 unspecified atom stereocenters. The number of hydrogen-bond acceptors (Lipinski definition) is 6. The summed E-state index contributed by atoms with van der Waals surface area (Å²) in [7, 11) is -3.36. The molecule has 7 heteroatoms. The van der Waals surface area contributed by atoms with Crippen molar-refractivity contribution in [2.24, 2.45) is 0 Å². The van der Waals surface area contributed by atoms with Crippen LogP contribution in [0.4, 0.5) is 0 Å². The van der Waals surface area contributed by atoms with Gasteiger partial charge in [-0.3, -0.25) is 9.59 Å². The number of benzene rings is 2. The zero-order valence-corrected chi connectivity index (χ0v) is 18.0. The molecule has 0 aliphatic heterocycles. The van der Waals surface area contributed by atoms with Crippen molar-refractivity contribution in [1.82, 2.24) is 0 Å². The second kappa shape index (κ2) is 8.44. The number of sulfone groups is 1. The normalized spacial score (nSPS) is 15.3. The van der Waals surface area contributed by atoms with Crippen LogP contribution in [0.25, 0.3) is 11.1 Å². The predicted octanol–water partition coefficient (Wildman–Crippen LogP) is 4.01. The monoisotopic (exact) mass is 428 g/mol. The molecule has 30 heavy (non-hydrogen) atoms. The lowest BCUT2D eigenvalue weighted by Crippen LogP contribution is -2.47. The molecule has 0 radical (unpaired) electrons. The van der Waals surface area contributed by atoms with Crippen molar-refractivity contribution < 1.29 is 27.5 Å². The maximum absolute atomic E-state index is 12.2. The van der Waals surface area contributed by atoms with E-state index in [2.05, 4.69) is 0 Å². The van der Waals surface area contributed by atoms with Crippen LogP contribution in [0.15, 0.2) is 59.5 Å². The van der Waals surface area contributed by atoms with Crippen molar-refractivity contribution in [2.45, 2.75) is 43.8 Å². The molecule has 0 fully saturated rings. The summed E-state index contributed by atoms with van der Waals surface area (Å²) in [5, 5.41) is 0. The predicted molar refractivity (Wildman–Crippen MR) is 113 cm³/mol. The van der Waals surface area contributed by atoms with E-state index in [1.807, 2.05) is 30.3 Å². The van der Waals surface area contributed by atoms with Gasteiger partial charge in [-0.25, -0.2) is 8.42 Å². The van der Waals surface area contributed by atoms with Gasteiger partial charge >= 0.3 is 11.9 Å². The zero-order chi connectivity index (χ0) is 21.9. The lowest BCUT2D eigenvalue weighted by atomic mass is 9.74. The van der Waals surface area contributed by atoms with Crippen LogP contribution in [-0.4, -0.2) is 32.4 Å². The van der Waals surface area contributed by atoms with Gasteiger partial charge in [0.05, 0.1) is 11.3 Å². The molecule has 0 N–H and O–H groups in total. The van der Waals surface area contributed by atoms with E-state index in [-0.39, 0.29) is 24.2 Å². The summed E-state index contributed by atoms with van der Waals surface area (Å²) >= 11 is 0. The zero-order valence-electron chi connectivity index (χ0n) is 17.2. The van der Waals surface area contributed by atoms with Crippen molar-refractivity contribution in [1.29, 1.82) is 0 Å². The Balaban J connectivity index is 2.17.